The number of halogens is 3. The zero-order valence-corrected chi connectivity index (χ0v) is 18.9. The number of anilines is 1. The lowest BCUT2D eigenvalue weighted by Gasteiger charge is -2.36. The molecule has 0 radical (unpaired) electrons. The van der Waals surface area contributed by atoms with E-state index in [1.54, 1.807) is 7.11 Å². The van der Waals surface area contributed by atoms with E-state index in [-0.39, 0.29) is 39.8 Å². The molecule has 1 heterocycles. The minimum Gasteiger partial charge on any atom is -0.494 e. The average molecular weight is 502 g/mol. The van der Waals surface area contributed by atoms with Crippen molar-refractivity contribution >= 4 is 39.7 Å². The molecule has 1 saturated carbocycles. The summed E-state index contributed by atoms with van der Waals surface area (Å²) in [6.45, 7) is 5.22. The number of hydrogen-bond acceptors (Lipinski definition) is 3. The maximum atomic E-state index is 13.4. The van der Waals surface area contributed by atoms with E-state index in [1.165, 1.54) is 30.7 Å². The standard InChI is InChI=1S/C21H25FN2O.2BrH/c1-25-21-14-18(22)7-8-20(21)24-11-9-23(10-12-24)15-17-13-19(17)16-5-3-2-4-6-16;;/h2-8,14,17,19H,9-13,15H2,1H3;2*1H/t17-,19-;;/m1../s1. The molecule has 2 atom stereocenters. The first kappa shape index (κ1) is 22.2. The molecule has 2 aromatic rings. The number of methoxy groups -OCH3 is 1. The van der Waals surface area contributed by atoms with Crippen molar-refractivity contribution < 1.29 is 9.13 Å². The van der Waals surface area contributed by atoms with Crippen LogP contribution in [0.1, 0.15) is 17.9 Å². The quantitative estimate of drug-likeness (QED) is 0.578. The summed E-state index contributed by atoms with van der Waals surface area (Å²) in [6.07, 6.45) is 1.32. The highest BCUT2D eigenvalue weighted by molar-refractivity contribution is 8.93. The van der Waals surface area contributed by atoms with Crippen molar-refractivity contribution in [3.8, 4) is 5.75 Å². The van der Waals surface area contributed by atoms with Crippen LogP contribution in [0, 0.1) is 11.7 Å². The fraction of sp³-hybridized carbons (Fsp3) is 0.429. The number of rotatable bonds is 5. The van der Waals surface area contributed by atoms with Crippen molar-refractivity contribution in [2.24, 2.45) is 5.92 Å². The van der Waals surface area contributed by atoms with Gasteiger partial charge in [-0.3, -0.25) is 4.90 Å². The van der Waals surface area contributed by atoms with Crippen LogP contribution in [0.5, 0.6) is 5.75 Å². The summed E-state index contributed by atoms with van der Waals surface area (Å²) in [5, 5.41) is 0. The molecule has 1 aliphatic carbocycles. The van der Waals surface area contributed by atoms with Crippen LogP contribution in [0.4, 0.5) is 10.1 Å². The molecule has 2 aliphatic rings. The van der Waals surface area contributed by atoms with Crippen molar-refractivity contribution in [1.82, 2.24) is 4.90 Å². The van der Waals surface area contributed by atoms with Gasteiger partial charge in [-0.25, -0.2) is 4.39 Å². The largest absolute Gasteiger partial charge is 0.494 e. The molecule has 3 nitrogen and oxygen atoms in total. The molecule has 1 saturated heterocycles. The van der Waals surface area contributed by atoms with E-state index < -0.39 is 0 Å². The number of nitrogens with zero attached hydrogens (tertiary/aromatic N) is 2. The Morgan fingerprint density at radius 2 is 1.70 bits per heavy atom. The van der Waals surface area contributed by atoms with Crippen LogP contribution in [0.25, 0.3) is 0 Å². The van der Waals surface area contributed by atoms with Crippen LogP contribution in [-0.4, -0.2) is 44.7 Å². The number of piperazine rings is 1. The minimum atomic E-state index is -0.250. The van der Waals surface area contributed by atoms with Crippen LogP contribution in [0.15, 0.2) is 48.5 Å². The second kappa shape index (κ2) is 9.89. The Hall–Kier alpha value is -1.11. The Morgan fingerprint density at radius 3 is 2.37 bits per heavy atom. The first-order valence-electron chi connectivity index (χ1n) is 9.10. The predicted molar refractivity (Wildman–Crippen MR) is 120 cm³/mol. The Bertz CT molecular complexity index is 723. The smallest absolute Gasteiger partial charge is 0.145 e. The van der Waals surface area contributed by atoms with Crippen LogP contribution < -0.4 is 9.64 Å². The number of ether oxygens (including phenoxy) is 1. The lowest BCUT2D eigenvalue weighted by Crippen LogP contribution is -2.47. The predicted octanol–water partition coefficient (Wildman–Crippen LogP) is 4.92. The van der Waals surface area contributed by atoms with Gasteiger partial charge < -0.3 is 9.64 Å². The Kier molecular flexibility index (Phi) is 8.13. The summed E-state index contributed by atoms with van der Waals surface area (Å²) in [6, 6.07) is 15.7. The monoisotopic (exact) mass is 500 g/mol. The third-order valence-corrected chi connectivity index (χ3v) is 5.50. The summed E-state index contributed by atoms with van der Waals surface area (Å²) >= 11 is 0. The molecule has 2 aromatic carbocycles. The third-order valence-electron chi connectivity index (χ3n) is 5.50. The van der Waals surface area contributed by atoms with Crippen LogP contribution >= 0.6 is 34.0 Å². The van der Waals surface area contributed by atoms with Gasteiger partial charge in [0, 0.05) is 38.8 Å². The van der Waals surface area contributed by atoms with E-state index in [0.29, 0.717) is 5.75 Å². The SMILES string of the molecule is Br.Br.COc1cc(F)ccc1N1CCN(C[C@H]2C[C@@H]2c2ccccc2)CC1. The lowest BCUT2D eigenvalue weighted by molar-refractivity contribution is 0.246. The molecule has 0 spiro atoms. The molecule has 6 heteroatoms. The van der Waals surface area contributed by atoms with Crippen molar-refractivity contribution in [3.63, 3.8) is 0 Å². The fourth-order valence-corrected chi connectivity index (χ4v) is 3.97. The molecular formula is C21H27Br2FN2O. The lowest BCUT2D eigenvalue weighted by atomic mass is 10.1. The molecule has 148 valence electrons. The molecule has 0 aromatic heterocycles. The first-order chi connectivity index (χ1) is 12.2. The van der Waals surface area contributed by atoms with E-state index in [0.717, 1.165) is 43.7 Å². The highest BCUT2D eigenvalue weighted by Gasteiger charge is 2.39. The van der Waals surface area contributed by atoms with Crippen molar-refractivity contribution in [3.05, 3.63) is 59.9 Å². The summed E-state index contributed by atoms with van der Waals surface area (Å²) in [7, 11) is 1.60. The zero-order chi connectivity index (χ0) is 17.2. The van der Waals surface area contributed by atoms with Gasteiger partial charge >= 0.3 is 0 Å². The Balaban J connectivity index is 0.00000131. The van der Waals surface area contributed by atoms with E-state index >= 15 is 0 Å². The second-order valence-electron chi connectivity index (χ2n) is 7.12. The van der Waals surface area contributed by atoms with Gasteiger partial charge in [0.1, 0.15) is 11.6 Å². The third kappa shape index (κ3) is 5.24. The van der Waals surface area contributed by atoms with Crippen molar-refractivity contribution in [1.29, 1.82) is 0 Å². The maximum Gasteiger partial charge on any atom is 0.145 e. The fourth-order valence-electron chi connectivity index (χ4n) is 3.97. The molecule has 0 amide bonds. The normalized spacial score (nSPS) is 21.8. The van der Waals surface area contributed by atoms with Crippen LogP contribution in [0.2, 0.25) is 0 Å². The zero-order valence-electron chi connectivity index (χ0n) is 15.5. The van der Waals surface area contributed by atoms with Gasteiger partial charge in [0.15, 0.2) is 0 Å². The molecule has 0 unspecified atom stereocenters. The highest BCUT2D eigenvalue weighted by Crippen LogP contribution is 2.47. The van der Waals surface area contributed by atoms with Gasteiger partial charge in [0.2, 0.25) is 0 Å². The van der Waals surface area contributed by atoms with Crippen LogP contribution in [-0.2, 0) is 0 Å². The van der Waals surface area contributed by atoms with Crippen molar-refractivity contribution in [2.45, 2.75) is 12.3 Å². The summed E-state index contributed by atoms with van der Waals surface area (Å²) in [5.41, 5.74) is 2.49. The number of benzene rings is 2. The molecule has 2 fully saturated rings. The van der Waals surface area contributed by atoms with Gasteiger partial charge in [0.05, 0.1) is 12.8 Å². The first-order valence-corrected chi connectivity index (χ1v) is 9.10. The topological polar surface area (TPSA) is 15.7 Å². The summed E-state index contributed by atoms with van der Waals surface area (Å²) in [4.78, 5) is 4.87. The Labute approximate surface area is 182 Å². The maximum absolute atomic E-state index is 13.4. The van der Waals surface area contributed by atoms with E-state index in [4.69, 9.17) is 4.74 Å². The summed E-state index contributed by atoms with van der Waals surface area (Å²) < 4.78 is 18.7. The van der Waals surface area contributed by atoms with Gasteiger partial charge in [0.25, 0.3) is 0 Å². The van der Waals surface area contributed by atoms with Crippen LogP contribution in [0.3, 0.4) is 0 Å². The van der Waals surface area contributed by atoms with Crippen molar-refractivity contribution in [2.75, 3.05) is 44.7 Å². The van der Waals surface area contributed by atoms with E-state index in [2.05, 4.69) is 40.1 Å². The highest BCUT2D eigenvalue weighted by atomic mass is 79.9. The van der Waals surface area contributed by atoms with Gasteiger partial charge in [-0.15, -0.1) is 34.0 Å². The molecule has 0 N–H and O–H groups in total. The number of hydrogen-bond donors (Lipinski definition) is 0. The molecule has 27 heavy (non-hydrogen) atoms. The molecule has 1 aliphatic heterocycles. The molecule has 4 rings (SSSR count). The minimum absolute atomic E-state index is 0. The molecular weight excluding hydrogens is 475 g/mol. The summed E-state index contributed by atoms with van der Waals surface area (Å²) in [5.74, 6) is 1.92. The Morgan fingerprint density at radius 1 is 1.00 bits per heavy atom. The second-order valence-corrected chi connectivity index (χ2v) is 7.12. The van der Waals surface area contributed by atoms with Gasteiger partial charge in [-0.05, 0) is 36.0 Å². The van der Waals surface area contributed by atoms with Gasteiger partial charge in [-0.2, -0.15) is 0 Å². The van der Waals surface area contributed by atoms with Gasteiger partial charge in [-0.1, -0.05) is 30.3 Å². The average Bonchev–Trinajstić information content (AvgIpc) is 3.42. The van der Waals surface area contributed by atoms with E-state index in [9.17, 15) is 4.39 Å². The molecule has 0 bridgehead atoms. The van der Waals surface area contributed by atoms with E-state index in [1.807, 2.05) is 6.07 Å².